The number of benzene rings is 2. The Morgan fingerprint density at radius 3 is 2.59 bits per heavy atom. The summed E-state index contributed by atoms with van der Waals surface area (Å²) in [7, 11) is 0. The van der Waals surface area contributed by atoms with Crippen molar-refractivity contribution in [2.75, 3.05) is 6.54 Å². The van der Waals surface area contributed by atoms with Crippen LogP contribution in [0.2, 0.25) is 5.02 Å². The summed E-state index contributed by atoms with van der Waals surface area (Å²) < 4.78 is 16.9. The number of pyridine rings is 1. The maximum absolute atomic E-state index is 14.9. The minimum Gasteiger partial charge on any atom is -0.309 e. The van der Waals surface area contributed by atoms with Gasteiger partial charge in [0.05, 0.1) is 11.7 Å². The molecule has 0 aliphatic carbocycles. The van der Waals surface area contributed by atoms with Crippen molar-refractivity contribution in [2.45, 2.75) is 12.6 Å². The van der Waals surface area contributed by atoms with Crippen molar-refractivity contribution in [1.29, 1.82) is 0 Å². The highest BCUT2D eigenvalue weighted by Gasteiger charge is 2.29. The van der Waals surface area contributed by atoms with Crippen LogP contribution >= 0.6 is 11.6 Å². The molecule has 3 heterocycles. The molecule has 0 spiro atoms. The van der Waals surface area contributed by atoms with Crippen LogP contribution in [-0.4, -0.2) is 21.3 Å². The molecule has 5 rings (SSSR count). The second kappa shape index (κ2) is 7.43. The number of halogens is 2. The molecule has 1 unspecified atom stereocenters. The summed E-state index contributed by atoms with van der Waals surface area (Å²) in [5, 5.41) is 8.78. The Bertz CT molecular complexity index is 1160. The van der Waals surface area contributed by atoms with Gasteiger partial charge in [0, 0.05) is 41.6 Å². The van der Waals surface area contributed by atoms with E-state index in [0.29, 0.717) is 22.8 Å². The van der Waals surface area contributed by atoms with E-state index < -0.39 is 0 Å². The lowest BCUT2D eigenvalue weighted by molar-refractivity contribution is 0.415. The Labute approximate surface area is 173 Å². The highest BCUT2D eigenvalue weighted by Crippen LogP contribution is 2.39. The van der Waals surface area contributed by atoms with Gasteiger partial charge in [0.25, 0.3) is 0 Å². The van der Waals surface area contributed by atoms with E-state index in [0.717, 1.165) is 28.9 Å². The minimum absolute atomic E-state index is 0.0321. The summed E-state index contributed by atoms with van der Waals surface area (Å²) in [6.07, 6.45) is 3.48. The predicted octanol–water partition coefficient (Wildman–Crippen LogP) is 5.10. The first-order chi connectivity index (χ1) is 14.2. The lowest BCUT2D eigenvalue weighted by Crippen LogP contribution is -2.34. The maximum Gasteiger partial charge on any atom is 0.134 e. The minimum atomic E-state index is -0.382. The van der Waals surface area contributed by atoms with Crippen LogP contribution in [0.4, 0.5) is 4.39 Å². The quantitative estimate of drug-likeness (QED) is 0.516. The standard InChI is InChI=1S/C23H18ClFN4/c24-17-6-7-18(19(25)12-17)23-22(16-8-10-26-11-9-16)21-14-27-13-20(29(21)28-23)15-4-2-1-3-5-15/h1-12,20,27H,13-14H2. The van der Waals surface area contributed by atoms with Gasteiger partial charge in [0.2, 0.25) is 0 Å². The number of nitrogens with one attached hydrogen (secondary N) is 1. The van der Waals surface area contributed by atoms with E-state index in [4.69, 9.17) is 16.7 Å². The molecule has 6 heteroatoms. The van der Waals surface area contributed by atoms with Gasteiger partial charge in [0.15, 0.2) is 0 Å². The Balaban J connectivity index is 1.76. The number of hydrogen-bond acceptors (Lipinski definition) is 3. The number of hydrogen-bond donors (Lipinski definition) is 1. The molecule has 2 aromatic heterocycles. The summed E-state index contributed by atoms with van der Waals surface area (Å²) in [4.78, 5) is 4.13. The summed E-state index contributed by atoms with van der Waals surface area (Å²) >= 11 is 5.98. The molecule has 4 aromatic rings. The lowest BCUT2D eigenvalue weighted by Gasteiger charge is -2.26. The van der Waals surface area contributed by atoms with E-state index in [2.05, 4.69) is 22.4 Å². The van der Waals surface area contributed by atoms with Gasteiger partial charge in [-0.15, -0.1) is 0 Å². The average Bonchev–Trinajstić information content (AvgIpc) is 3.14. The molecule has 0 saturated heterocycles. The zero-order valence-electron chi connectivity index (χ0n) is 15.5. The first-order valence-electron chi connectivity index (χ1n) is 9.45. The molecule has 1 atom stereocenters. The fraction of sp³-hybridized carbons (Fsp3) is 0.130. The van der Waals surface area contributed by atoms with Gasteiger partial charge in [-0.3, -0.25) is 9.67 Å². The molecule has 0 amide bonds. The van der Waals surface area contributed by atoms with E-state index in [1.54, 1.807) is 24.5 Å². The van der Waals surface area contributed by atoms with Gasteiger partial charge >= 0.3 is 0 Å². The third-order valence-corrected chi connectivity index (χ3v) is 5.51. The van der Waals surface area contributed by atoms with Crippen LogP contribution in [0.1, 0.15) is 17.3 Å². The highest BCUT2D eigenvalue weighted by molar-refractivity contribution is 6.30. The number of rotatable bonds is 3. The van der Waals surface area contributed by atoms with Crippen LogP contribution in [0.25, 0.3) is 22.4 Å². The van der Waals surface area contributed by atoms with Gasteiger partial charge < -0.3 is 5.32 Å². The second-order valence-electron chi connectivity index (χ2n) is 7.03. The predicted molar refractivity (Wildman–Crippen MR) is 112 cm³/mol. The van der Waals surface area contributed by atoms with Crippen LogP contribution in [-0.2, 0) is 6.54 Å². The molecule has 144 valence electrons. The first-order valence-corrected chi connectivity index (χ1v) is 9.83. The monoisotopic (exact) mass is 404 g/mol. The molecule has 2 aromatic carbocycles. The number of fused-ring (bicyclic) bond motifs is 1. The SMILES string of the molecule is Fc1cc(Cl)ccc1-c1nn2c(c1-c1ccncc1)CNCC2c1ccccc1. The molecule has 4 nitrogen and oxygen atoms in total. The van der Waals surface area contributed by atoms with Crippen molar-refractivity contribution in [3.05, 3.63) is 95.2 Å². The largest absolute Gasteiger partial charge is 0.309 e. The van der Waals surface area contributed by atoms with Gasteiger partial charge in [-0.1, -0.05) is 41.9 Å². The van der Waals surface area contributed by atoms with E-state index in [9.17, 15) is 4.39 Å². The molecule has 1 aliphatic rings. The van der Waals surface area contributed by atoms with Gasteiger partial charge in [-0.05, 0) is 41.5 Å². The zero-order chi connectivity index (χ0) is 19.8. The van der Waals surface area contributed by atoms with E-state index in [-0.39, 0.29) is 11.9 Å². The van der Waals surface area contributed by atoms with Gasteiger partial charge in [0.1, 0.15) is 11.5 Å². The molecule has 0 radical (unpaired) electrons. The molecule has 1 aliphatic heterocycles. The van der Waals surface area contributed by atoms with Crippen molar-refractivity contribution in [3.8, 4) is 22.4 Å². The van der Waals surface area contributed by atoms with Crippen LogP contribution in [0.15, 0.2) is 73.1 Å². The molecular formula is C23H18ClFN4. The molecule has 29 heavy (non-hydrogen) atoms. The summed E-state index contributed by atoms with van der Waals surface area (Å²) in [6.45, 7) is 1.42. The Morgan fingerprint density at radius 2 is 1.83 bits per heavy atom. The van der Waals surface area contributed by atoms with Crippen LogP contribution in [0.3, 0.4) is 0 Å². The molecule has 0 bridgehead atoms. The van der Waals surface area contributed by atoms with E-state index in [1.807, 2.05) is 35.0 Å². The van der Waals surface area contributed by atoms with Crippen molar-refractivity contribution in [1.82, 2.24) is 20.1 Å². The van der Waals surface area contributed by atoms with Crippen molar-refractivity contribution >= 4 is 11.6 Å². The highest BCUT2D eigenvalue weighted by atomic mass is 35.5. The second-order valence-corrected chi connectivity index (χ2v) is 7.47. The van der Waals surface area contributed by atoms with Crippen molar-refractivity contribution in [3.63, 3.8) is 0 Å². The van der Waals surface area contributed by atoms with Crippen LogP contribution < -0.4 is 5.32 Å². The Morgan fingerprint density at radius 1 is 1.03 bits per heavy atom. The Kier molecular flexibility index (Phi) is 4.62. The van der Waals surface area contributed by atoms with Gasteiger partial charge in [-0.25, -0.2) is 4.39 Å². The van der Waals surface area contributed by atoms with Gasteiger partial charge in [-0.2, -0.15) is 5.10 Å². The van der Waals surface area contributed by atoms with Crippen LogP contribution in [0, 0.1) is 5.82 Å². The smallest absolute Gasteiger partial charge is 0.134 e. The molecule has 1 N–H and O–H groups in total. The van der Waals surface area contributed by atoms with E-state index >= 15 is 0 Å². The summed E-state index contributed by atoms with van der Waals surface area (Å²) in [6, 6.07) is 18.9. The third kappa shape index (κ3) is 3.22. The lowest BCUT2D eigenvalue weighted by atomic mass is 9.98. The summed E-state index contributed by atoms with van der Waals surface area (Å²) in [5.74, 6) is -0.382. The zero-order valence-corrected chi connectivity index (χ0v) is 16.3. The normalized spacial score (nSPS) is 15.9. The van der Waals surface area contributed by atoms with Crippen molar-refractivity contribution < 1.29 is 4.39 Å². The first kappa shape index (κ1) is 18.0. The maximum atomic E-state index is 14.9. The topological polar surface area (TPSA) is 42.7 Å². The fourth-order valence-electron chi connectivity index (χ4n) is 3.94. The molecule has 0 saturated carbocycles. The van der Waals surface area contributed by atoms with Crippen molar-refractivity contribution in [2.24, 2.45) is 0 Å². The summed E-state index contributed by atoms with van der Waals surface area (Å²) in [5.41, 5.74) is 5.12. The van der Waals surface area contributed by atoms with Crippen LogP contribution in [0.5, 0.6) is 0 Å². The number of nitrogens with zero attached hydrogens (tertiary/aromatic N) is 3. The average molecular weight is 405 g/mol. The number of aromatic nitrogens is 3. The molecule has 0 fully saturated rings. The Hall–Kier alpha value is -3.02. The van der Waals surface area contributed by atoms with E-state index in [1.165, 1.54) is 6.07 Å². The third-order valence-electron chi connectivity index (χ3n) is 5.27. The molecular weight excluding hydrogens is 387 g/mol. The fourth-order valence-corrected chi connectivity index (χ4v) is 4.10.